The third-order valence-corrected chi connectivity index (χ3v) is 3.12. The van der Waals surface area contributed by atoms with Gasteiger partial charge < -0.3 is 11.1 Å². The Bertz CT molecular complexity index is 260. The van der Waals surface area contributed by atoms with Crippen LogP contribution in [0.15, 0.2) is 12.1 Å². The second-order valence-corrected chi connectivity index (χ2v) is 5.05. The number of anilines is 1. The van der Waals surface area contributed by atoms with E-state index in [4.69, 9.17) is 17.3 Å². The molecule has 4 heteroatoms. The topological polar surface area (TPSA) is 38.0 Å². The van der Waals surface area contributed by atoms with Crippen molar-refractivity contribution in [2.24, 2.45) is 11.7 Å². The van der Waals surface area contributed by atoms with Gasteiger partial charge in [-0.3, -0.25) is 0 Å². The summed E-state index contributed by atoms with van der Waals surface area (Å²) >= 11 is 7.36. The van der Waals surface area contributed by atoms with Crippen LogP contribution in [0.3, 0.4) is 0 Å². The van der Waals surface area contributed by atoms with E-state index < -0.39 is 0 Å². The van der Waals surface area contributed by atoms with Crippen molar-refractivity contribution in [1.29, 1.82) is 0 Å². The fourth-order valence-electron chi connectivity index (χ4n) is 1.07. The Morgan fingerprint density at radius 2 is 2.23 bits per heavy atom. The van der Waals surface area contributed by atoms with Crippen LogP contribution >= 0.6 is 22.9 Å². The molecule has 1 aromatic rings. The zero-order chi connectivity index (χ0) is 9.84. The van der Waals surface area contributed by atoms with Crippen molar-refractivity contribution in [2.45, 2.75) is 19.9 Å². The quantitative estimate of drug-likeness (QED) is 0.816. The number of hydrogen-bond donors (Lipinski definition) is 2. The summed E-state index contributed by atoms with van der Waals surface area (Å²) in [6, 6.07) is 4.20. The average molecular weight is 219 g/mol. The Morgan fingerprint density at radius 3 is 2.62 bits per heavy atom. The monoisotopic (exact) mass is 218 g/mol. The van der Waals surface area contributed by atoms with Crippen LogP contribution in [-0.4, -0.2) is 12.6 Å². The van der Waals surface area contributed by atoms with Gasteiger partial charge >= 0.3 is 0 Å². The van der Waals surface area contributed by atoms with Crippen LogP contribution in [0, 0.1) is 5.92 Å². The van der Waals surface area contributed by atoms with Crippen LogP contribution in [0.4, 0.5) is 5.00 Å². The normalized spacial score (nSPS) is 13.3. The first kappa shape index (κ1) is 10.8. The van der Waals surface area contributed by atoms with Crippen molar-refractivity contribution in [1.82, 2.24) is 0 Å². The molecule has 0 fully saturated rings. The van der Waals surface area contributed by atoms with Crippen LogP contribution in [-0.2, 0) is 0 Å². The highest BCUT2D eigenvalue weighted by atomic mass is 35.5. The third-order valence-electron chi connectivity index (χ3n) is 1.96. The fourth-order valence-corrected chi connectivity index (χ4v) is 2.08. The predicted molar refractivity (Wildman–Crippen MR) is 60.6 cm³/mol. The molecule has 1 heterocycles. The zero-order valence-corrected chi connectivity index (χ0v) is 9.45. The van der Waals surface area contributed by atoms with Crippen LogP contribution < -0.4 is 11.1 Å². The van der Waals surface area contributed by atoms with E-state index in [2.05, 4.69) is 19.2 Å². The fraction of sp³-hybridized carbons (Fsp3) is 0.556. The smallest absolute Gasteiger partial charge is 0.0950 e. The first-order valence-electron chi connectivity index (χ1n) is 4.35. The molecule has 1 unspecified atom stereocenters. The molecule has 1 rings (SSSR count). The molecular weight excluding hydrogens is 204 g/mol. The van der Waals surface area contributed by atoms with Gasteiger partial charge in [0.1, 0.15) is 0 Å². The Kier molecular flexibility index (Phi) is 4.03. The molecule has 0 aromatic carbocycles. The summed E-state index contributed by atoms with van der Waals surface area (Å²) in [6.07, 6.45) is 0. The van der Waals surface area contributed by atoms with Crippen LogP contribution in [0.25, 0.3) is 0 Å². The lowest BCUT2D eigenvalue weighted by Gasteiger charge is -2.20. The van der Waals surface area contributed by atoms with Crippen molar-refractivity contribution < 1.29 is 0 Å². The molecule has 0 aliphatic rings. The highest BCUT2D eigenvalue weighted by Gasteiger charge is 2.11. The number of hydrogen-bond acceptors (Lipinski definition) is 3. The standard InChI is InChI=1S/C9H15ClN2S/c1-6(2)7(5-11)12-9-4-3-8(10)13-9/h3-4,6-7,12H,5,11H2,1-2H3. The first-order valence-corrected chi connectivity index (χ1v) is 5.55. The lowest BCUT2D eigenvalue weighted by Crippen LogP contribution is -2.33. The summed E-state index contributed by atoms with van der Waals surface area (Å²) < 4.78 is 0.807. The molecule has 13 heavy (non-hydrogen) atoms. The minimum absolute atomic E-state index is 0.328. The van der Waals surface area contributed by atoms with E-state index in [0.29, 0.717) is 18.5 Å². The van der Waals surface area contributed by atoms with Gasteiger partial charge in [-0.1, -0.05) is 25.4 Å². The van der Waals surface area contributed by atoms with E-state index in [0.717, 1.165) is 9.34 Å². The molecule has 74 valence electrons. The van der Waals surface area contributed by atoms with Crippen molar-refractivity contribution in [3.05, 3.63) is 16.5 Å². The summed E-state index contributed by atoms with van der Waals surface area (Å²) in [5.41, 5.74) is 5.64. The van der Waals surface area contributed by atoms with Crippen LogP contribution in [0.2, 0.25) is 4.34 Å². The maximum atomic E-state index is 5.81. The van der Waals surface area contributed by atoms with E-state index in [1.165, 1.54) is 0 Å². The molecule has 3 N–H and O–H groups in total. The van der Waals surface area contributed by atoms with Gasteiger partial charge in [0.2, 0.25) is 0 Å². The maximum Gasteiger partial charge on any atom is 0.0950 e. The van der Waals surface area contributed by atoms with Crippen molar-refractivity contribution >= 4 is 27.9 Å². The number of halogens is 1. The molecule has 0 spiro atoms. The molecule has 0 amide bonds. The molecule has 1 atom stereocenters. The van der Waals surface area contributed by atoms with Gasteiger partial charge in [0, 0.05) is 12.6 Å². The van der Waals surface area contributed by atoms with Gasteiger partial charge in [-0.25, -0.2) is 0 Å². The molecule has 0 aliphatic heterocycles. The Labute approximate surface area is 88.1 Å². The summed E-state index contributed by atoms with van der Waals surface area (Å²) in [4.78, 5) is 0. The van der Waals surface area contributed by atoms with E-state index in [1.54, 1.807) is 11.3 Å². The Balaban J connectivity index is 2.56. The number of nitrogens with one attached hydrogen (secondary N) is 1. The summed E-state index contributed by atoms with van der Waals surface area (Å²) in [5, 5.41) is 4.45. The van der Waals surface area contributed by atoms with E-state index in [9.17, 15) is 0 Å². The minimum atomic E-state index is 0.328. The second kappa shape index (κ2) is 4.84. The van der Waals surface area contributed by atoms with E-state index in [1.807, 2.05) is 12.1 Å². The minimum Gasteiger partial charge on any atom is -0.373 e. The first-order chi connectivity index (χ1) is 6.13. The van der Waals surface area contributed by atoms with E-state index in [-0.39, 0.29) is 0 Å². The number of nitrogens with two attached hydrogens (primary N) is 1. The number of rotatable bonds is 4. The van der Waals surface area contributed by atoms with Gasteiger partial charge in [-0.15, -0.1) is 11.3 Å². The third kappa shape index (κ3) is 3.18. The molecule has 0 bridgehead atoms. The molecule has 2 nitrogen and oxygen atoms in total. The highest BCUT2D eigenvalue weighted by Crippen LogP contribution is 2.27. The molecular formula is C9H15ClN2S. The average Bonchev–Trinajstić information content (AvgIpc) is 2.46. The molecule has 0 saturated heterocycles. The van der Waals surface area contributed by atoms with Crippen molar-refractivity contribution in [3.8, 4) is 0 Å². The van der Waals surface area contributed by atoms with Gasteiger partial charge in [-0.2, -0.15) is 0 Å². The van der Waals surface area contributed by atoms with Gasteiger partial charge in [0.25, 0.3) is 0 Å². The maximum absolute atomic E-state index is 5.81. The molecule has 0 radical (unpaired) electrons. The lowest BCUT2D eigenvalue weighted by molar-refractivity contribution is 0.532. The van der Waals surface area contributed by atoms with Gasteiger partial charge in [0.15, 0.2) is 0 Å². The predicted octanol–water partition coefficient (Wildman–Crippen LogP) is 2.80. The van der Waals surface area contributed by atoms with Gasteiger partial charge in [0.05, 0.1) is 9.34 Å². The largest absolute Gasteiger partial charge is 0.373 e. The highest BCUT2D eigenvalue weighted by molar-refractivity contribution is 7.19. The Hall–Kier alpha value is -0.250. The van der Waals surface area contributed by atoms with Crippen molar-refractivity contribution in [2.75, 3.05) is 11.9 Å². The second-order valence-electron chi connectivity index (χ2n) is 3.33. The molecule has 0 saturated carbocycles. The Morgan fingerprint density at radius 1 is 1.54 bits per heavy atom. The zero-order valence-electron chi connectivity index (χ0n) is 7.88. The van der Waals surface area contributed by atoms with E-state index >= 15 is 0 Å². The molecule has 0 aliphatic carbocycles. The molecule has 1 aromatic heterocycles. The lowest BCUT2D eigenvalue weighted by atomic mass is 10.1. The summed E-state index contributed by atoms with van der Waals surface area (Å²) in [5.74, 6) is 0.533. The number of thiophene rings is 1. The van der Waals surface area contributed by atoms with Crippen LogP contribution in [0.5, 0.6) is 0 Å². The summed E-state index contributed by atoms with van der Waals surface area (Å²) in [7, 11) is 0. The van der Waals surface area contributed by atoms with Crippen LogP contribution in [0.1, 0.15) is 13.8 Å². The SMILES string of the molecule is CC(C)C(CN)Nc1ccc(Cl)s1. The van der Waals surface area contributed by atoms with Gasteiger partial charge in [-0.05, 0) is 18.1 Å². The van der Waals surface area contributed by atoms with Crippen molar-refractivity contribution in [3.63, 3.8) is 0 Å². The summed E-state index contributed by atoms with van der Waals surface area (Å²) in [6.45, 7) is 4.95.